The van der Waals surface area contributed by atoms with E-state index >= 15 is 0 Å². The molecule has 0 radical (unpaired) electrons. The molecule has 0 atom stereocenters. The van der Waals surface area contributed by atoms with Crippen LogP contribution in [0.1, 0.15) is 34.3 Å². The molecule has 3 aromatic rings. The third-order valence-corrected chi connectivity index (χ3v) is 3.59. The van der Waals surface area contributed by atoms with Crippen LogP contribution in [-0.2, 0) is 13.5 Å². The van der Waals surface area contributed by atoms with Gasteiger partial charge in [0.15, 0.2) is 11.5 Å². The summed E-state index contributed by atoms with van der Waals surface area (Å²) in [5.41, 5.74) is 2.31. The summed E-state index contributed by atoms with van der Waals surface area (Å²) in [6.45, 7) is 3.77. The van der Waals surface area contributed by atoms with E-state index in [1.807, 2.05) is 13.8 Å². The molecule has 1 aromatic carbocycles. The van der Waals surface area contributed by atoms with Gasteiger partial charge in [-0.15, -0.1) is 0 Å². The first-order chi connectivity index (χ1) is 10.0. The second-order valence-electron chi connectivity index (χ2n) is 4.93. The fourth-order valence-electron chi connectivity index (χ4n) is 2.34. The zero-order valence-corrected chi connectivity index (χ0v) is 12.1. The normalized spacial score (nSPS) is 11.2. The lowest BCUT2D eigenvalue weighted by Crippen LogP contribution is -2.19. The molecule has 108 valence electrons. The molecule has 21 heavy (non-hydrogen) atoms. The number of carbonyl (C=O) groups is 1. The summed E-state index contributed by atoms with van der Waals surface area (Å²) in [5, 5.41) is 2.71. The Morgan fingerprint density at radius 3 is 2.76 bits per heavy atom. The summed E-state index contributed by atoms with van der Waals surface area (Å²) in [5.74, 6) is 0.326. The Morgan fingerprint density at radius 2 is 2.14 bits per heavy atom. The van der Waals surface area contributed by atoms with Gasteiger partial charge in [0.2, 0.25) is 5.78 Å². The van der Waals surface area contributed by atoms with Crippen LogP contribution >= 0.6 is 0 Å². The van der Waals surface area contributed by atoms with Crippen molar-refractivity contribution in [3.05, 3.63) is 51.3 Å². The fraction of sp³-hybridized carbons (Fsp3) is 0.267. The van der Waals surface area contributed by atoms with Gasteiger partial charge in [0.1, 0.15) is 11.1 Å². The number of carbonyl (C=O) groups excluding carboxylic acids is 1. The number of H-pyrrole nitrogens is 1. The maximum atomic E-state index is 12.5. The zero-order valence-electron chi connectivity index (χ0n) is 12.1. The fourth-order valence-corrected chi connectivity index (χ4v) is 2.34. The van der Waals surface area contributed by atoms with Gasteiger partial charge in [-0.05, 0) is 24.6 Å². The number of aryl methyl sites for hydroxylation is 3. The molecule has 6 heteroatoms. The summed E-state index contributed by atoms with van der Waals surface area (Å²) in [6.07, 6.45) is 2.12. The lowest BCUT2D eigenvalue weighted by molar-refractivity contribution is 0.103. The Labute approximate surface area is 120 Å². The number of aromatic nitrogens is 3. The molecule has 0 aliphatic carbocycles. The minimum atomic E-state index is -0.339. The molecule has 2 aromatic heterocycles. The molecule has 3 rings (SSSR count). The highest BCUT2D eigenvalue weighted by atomic mass is 16.3. The van der Waals surface area contributed by atoms with E-state index in [-0.39, 0.29) is 16.9 Å². The van der Waals surface area contributed by atoms with Crippen molar-refractivity contribution >= 4 is 16.9 Å². The molecule has 0 unspecified atom stereocenters. The number of fused-ring (bicyclic) bond motifs is 1. The second kappa shape index (κ2) is 4.73. The predicted molar refractivity (Wildman–Crippen MR) is 77.6 cm³/mol. The van der Waals surface area contributed by atoms with Gasteiger partial charge < -0.3 is 9.52 Å². The molecule has 6 nitrogen and oxygen atoms in total. The van der Waals surface area contributed by atoms with Crippen molar-refractivity contribution in [1.82, 2.24) is 14.8 Å². The molecule has 2 heterocycles. The topological polar surface area (TPSA) is 80.9 Å². The van der Waals surface area contributed by atoms with E-state index in [4.69, 9.17) is 4.42 Å². The lowest BCUT2D eigenvalue weighted by atomic mass is 10.00. The smallest absolute Gasteiger partial charge is 0.277 e. The van der Waals surface area contributed by atoms with Crippen LogP contribution in [0.25, 0.3) is 11.1 Å². The Morgan fingerprint density at radius 1 is 1.38 bits per heavy atom. The van der Waals surface area contributed by atoms with Crippen molar-refractivity contribution in [1.29, 1.82) is 0 Å². The molecule has 0 saturated heterocycles. The van der Waals surface area contributed by atoms with Gasteiger partial charge in [0, 0.05) is 25.2 Å². The van der Waals surface area contributed by atoms with Crippen LogP contribution in [0.15, 0.2) is 27.5 Å². The van der Waals surface area contributed by atoms with Gasteiger partial charge in [-0.1, -0.05) is 6.92 Å². The number of nitrogens with zero attached hydrogens (tertiary/aromatic N) is 2. The van der Waals surface area contributed by atoms with Crippen LogP contribution in [0, 0.1) is 6.92 Å². The maximum Gasteiger partial charge on any atom is 0.277 e. The van der Waals surface area contributed by atoms with Crippen LogP contribution in [-0.4, -0.2) is 20.5 Å². The van der Waals surface area contributed by atoms with Crippen LogP contribution in [0.4, 0.5) is 0 Å². The number of hydrogen-bond donors (Lipinski definition) is 1. The first-order valence-corrected chi connectivity index (χ1v) is 6.71. The van der Waals surface area contributed by atoms with E-state index in [0.29, 0.717) is 29.0 Å². The van der Waals surface area contributed by atoms with Crippen LogP contribution in [0.5, 0.6) is 0 Å². The Bertz CT molecular complexity index is 899. The highest BCUT2D eigenvalue weighted by Gasteiger charge is 2.20. The predicted octanol–water partition coefficient (Wildman–Crippen LogP) is 1.96. The molecule has 0 amide bonds. The van der Waals surface area contributed by atoms with Crippen molar-refractivity contribution in [3.8, 4) is 0 Å². The third kappa shape index (κ3) is 1.99. The summed E-state index contributed by atoms with van der Waals surface area (Å²) < 4.78 is 6.84. The SMILES string of the molecule is CCc1nc2c(C)c(C(=O)c3c[nH]n(C)c3=O)ccc2o1. The number of benzene rings is 1. The second-order valence-corrected chi connectivity index (χ2v) is 4.93. The van der Waals surface area contributed by atoms with Gasteiger partial charge in [-0.2, -0.15) is 0 Å². The lowest BCUT2D eigenvalue weighted by Gasteiger charge is -2.02. The number of rotatable bonds is 3. The maximum absolute atomic E-state index is 12.5. The van der Waals surface area contributed by atoms with Crippen molar-refractivity contribution in [2.75, 3.05) is 0 Å². The van der Waals surface area contributed by atoms with E-state index in [1.54, 1.807) is 19.2 Å². The molecule has 1 N–H and O–H groups in total. The van der Waals surface area contributed by atoms with Crippen molar-refractivity contribution in [3.63, 3.8) is 0 Å². The molecule has 0 aliphatic heterocycles. The minimum Gasteiger partial charge on any atom is -0.441 e. The Kier molecular flexibility index (Phi) is 3.01. The molecule has 0 fully saturated rings. The highest BCUT2D eigenvalue weighted by Crippen LogP contribution is 2.24. The van der Waals surface area contributed by atoms with Crippen molar-refractivity contribution in [2.24, 2.45) is 7.05 Å². The minimum absolute atomic E-state index is 0.124. The number of nitrogens with one attached hydrogen (secondary N) is 1. The van der Waals surface area contributed by atoms with E-state index in [1.165, 1.54) is 10.9 Å². The Balaban J connectivity index is 2.16. The van der Waals surface area contributed by atoms with Crippen molar-refractivity contribution < 1.29 is 9.21 Å². The number of hydrogen-bond acceptors (Lipinski definition) is 4. The van der Waals surface area contributed by atoms with Crippen LogP contribution in [0.2, 0.25) is 0 Å². The van der Waals surface area contributed by atoms with Crippen molar-refractivity contribution in [2.45, 2.75) is 20.3 Å². The molecule has 0 saturated carbocycles. The first kappa shape index (κ1) is 13.4. The number of oxazole rings is 1. The average Bonchev–Trinajstić information content (AvgIpc) is 3.04. The third-order valence-electron chi connectivity index (χ3n) is 3.59. The monoisotopic (exact) mass is 285 g/mol. The summed E-state index contributed by atoms with van der Waals surface area (Å²) >= 11 is 0. The van der Waals surface area contributed by atoms with Gasteiger partial charge in [0.25, 0.3) is 5.56 Å². The summed E-state index contributed by atoms with van der Waals surface area (Å²) in [7, 11) is 1.57. The largest absolute Gasteiger partial charge is 0.441 e. The molecule has 0 spiro atoms. The number of ketones is 1. The van der Waals surface area contributed by atoms with E-state index < -0.39 is 0 Å². The van der Waals surface area contributed by atoms with Crippen LogP contribution < -0.4 is 5.56 Å². The highest BCUT2D eigenvalue weighted by molar-refractivity contribution is 6.11. The van der Waals surface area contributed by atoms with E-state index in [9.17, 15) is 9.59 Å². The molecule has 0 aliphatic rings. The van der Waals surface area contributed by atoms with E-state index in [2.05, 4.69) is 10.1 Å². The standard InChI is InChI=1S/C15H15N3O3/c1-4-12-17-13-8(2)9(5-6-11(13)21-12)14(19)10-7-16-18(3)15(10)20/h5-7,16H,4H2,1-3H3. The zero-order chi connectivity index (χ0) is 15.1. The van der Waals surface area contributed by atoms with Crippen LogP contribution in [0.3, 0.4) is 0 Å². The average molecular weight is 285 g/mol. The quantitative estimate of drug-likeness (QED) is 0.746. The molecular formula is C15H15N3O3. The van der Waals surface area contributed by atoms with Gasteiger partial charge in [-0.25, -0.2) is 4.98 Å². The summed E-state index contributed by atoms with van der Waals surface area (Å²) in [6, 6.07) is 3.40. The Hall–Kier alpha value is -2.63. The summed E-state index contributed by atoms with van der Waals surface area (Å²) in [4.78, 5) is 28.8. The van der Waals surface area contributed by atoms with Gasteiger partial charge in [-0.3, -0.25) is 14.3 Å². The van der Waals surface area contributed by atoms with Gasteiger partial charge >= 0.3 is 0 Å². The molecular weight excluding hydrogens is 270 g/mol. The van der Waals surface area contributed by atoms with E-state index in [0.717, 1.165) is 5.56 Å². The number of aromatic amines is 1. The first-order valence-electron chi connectivity index (χ1n) is 6.71. The molecule has 0 bridgehead atoms. The van der Waals surface area contributed by atoms with Gasteiger partial charge in [0.05, 0.1) is 0 Å².